The number of nitrogens with one attached hydrogen (secondary N) is 1. The molecule has 2 aliphatic rings. The quantitative estimate of drug-likeness (QED) is 0.132. The van der Waals surface area contributed by atoms with Gasteiger partial charge in [0.1, 0.15) is 18.3 Å². The summed E-state index contributed by atoms with van der Waals surface area (Å²) >= 11 is 0. The van der Waals surface area contributed by atoms with E-state index in [1.807, 2.05) is 17.0 Å². The lowest BCUT2D eigenvalue weighted by molar-refractivity contribution is -0.0507. The molecule has 0 aliphatic carbocycles. The standard InChI is InChI=1S/C32H41F3N8O3Si/c1-41-31(39-30(40-41)24-6-8-28(36-16-24)42-11-9-32(34,35)10-12-42)38-26-7-5-23(15-27(26)46-20-22-18-45-19-22)25-17-37-43(29(25)33)21-44-13-14-47(2,3)4/h5-8,15-17,22H,9-14,18-21H2,1-4H3,(H,38,39,40). The van der Waals surface area contributed by atoms with Crippen molar-refractivity contribution < 1.29 is 27.4 Å². The number of ether oxygens (including phenoxy) is 3. The minimum absolute atomic E-state index is 0.0465. The Morgan fingerprint density at radius 1 is 1.06 bits per heavy atom. The van der Waals surface area contributed by atoms with Gasteiger partial charge in [-0.2, -0.15) is 14.5 Å². The van der Waals surface area contributed by atoms with Crippen molar-refractivity contribution in [2.45, 2.75) is 51.2 Å². The van der Waals surface area contributed by atoms with Crippen LogP contribution in [0.5, 0.6) is 5.75 Å². The van der Waals surface area contributed by atoms with Gasteiger partial charge in [0.15, 0.2) is 5.82 Å². The van der Waals surface area contributed by atoms with E-state index in [0.717, 1.165) is 6.04 Å². The topological polar surface area (TPSA) is 104 Å². The SMILES string of the molecule is Cn1nc(-c2ccc(N3CCC(F)(F)CC3)nc2)nc1Nc1ccc(-c2cnn(COCC[Si](C)(C)C)c2F)cc1OCC1COC1. The summed E-state index contributed by atoms with van der Waals surface area (Å²) in [5.74, 6) is -0.738. The Labute approximate surface area is 273 Å². The van der Waals surface area contributed by atoms with Crippen LogP contribution in [0.2, 0.25) is 25.7 Å². The minimum atomic E-state index is -2.62. The molecule has 2 saturated heterocycles. The first-order valence-corrected chi connectivity index (χ1v) is 19.6. The minimum Gasteiger partial charge on any atom is -0.491 e. The number of piperidine rings is 1. The van der Waals surface area contributed by atoms with Crippen LogP contribution in [0, 0.1) is 11.9 Å². The monoisotopic (exact) mass is 670 g/mol. The highest BCUT2D eigenvalue weighted by Gasteiger charge is 2.34. The van der Waals surface area contributed by atoms with Crippen molar-refractivity contribution in [3.8, 4) is 28.3 Å². The van der Waals surface area contributed by atoms with E-state index >= 15 is 4.39 Å². The number of nitrogens with zero attached hydrogens (tertiary/aromatic N) is 7. The fourth-order valence-electron chi connectivity index (χ4n) is 5.19. The van der Waals surface area contributed by atoms with Gasteiger partial charge in [0.05, 0.1) is 37.3 Å². The first-order chi connectivity index (χ1) is 22.4. The van der Waals surface area contributed by atoms with Crippen molar-refractivity contribution >= 4 is 25.5 Å². The lowest BCUT2D eigenvalue weighted by Gasteiger charge is -2.32. The number of hydrogen-bond acceptors (Lipinski definition) is 9. The number of halogens is 3. The van der Waals surface area contributed by atoms with Crippen LogP contribution >= 0.6 is 0 Å². The molecule has 47 heavy (non-hydrogen) atoms. The summed E-state index contributed by atoms with van der Waals surface area (Å²) < 4.78 is 62.6. The van der Waals surface area contributed by atoms with Crippen LogP contribution in [0.15, 0.2) is 42.7 Å². The zero-order chi connectivity index (χ0) is 33.2. The van der Waals surface area contributed by atoms with Gasteiger partial charge >= 0.3 is 0 Å². The zero-order valence-corrected chi connectivity index (χ0v) is 28.2. The highest BCUT2D eigenvalue weighted by molar-refractivity contribution is 6.76. The summed E-state index contributed by atoms with van der Waals surface area (Å²) in [5.41, 5.74) is 2.28. The number of anilines is 3. The van der Waals surface area contributed by atoms with Crippen molar-refractivity contribution in [2.24, 2.45) is 13.0 Å². The Morgan fingerprint density at radius 2 is 1.83 bits per heavy atom. The van der Waals surface area contributed by atoms with Crippen molar-refractivity contribution in [1.29, 1.82) is 0 Å². The first kappa shape index (κ1) is 33.0. The molecule has 3 aromatic heterocycles. The summed E-state index contributed by atoms with van der Waals surface area (Å²) in [6.45, 7) is 9.65. The van der Waals surface area contributed by atoms with Gasteiger partial charge in [0.25, 0.3) is 5.92 Å². The molecular formula is C32H41F3N8O3Si. The van der Waals surface area contributed by atoms with Crippen LogP contribution in [-0.4, -0.2) is 83.0 Å². The number of rotatable bonds is 13. The van der Waals surface area contributed by atoms with Crippen molar-refractivity contribution in [2.75, 3.05) is 49.7 Å². The molecule has 2 fully saturated rings. The molecule has 252 valence electrons. The molecule has 0 spiro atoms. The van der Waals surface area contributed by atoms with E-state index in [9.17, 15) is 8.78 Å². The Bertz CT molecular complexity index is 1660. The smallest absolute Gasteiger partial charge is 0.251 e. The fourth-order valence-corrected chi connectivity index (χ4v) is 5.95. The van der Waals surface area contributed by atoms with E-state index in [2.05, 4.69) is 45.1 Å². The van der Waals surface area contributed by atoms with Gasteiger partial charge in [0.2, 0.25) is 11.9 Å². The van der Waals surface area contributed by atoms with E-state index in [1.54, 1.807) is 36.1 Å². The summed E-state index contributed by atoms with van der Waals surface area (Å²) in [7, 11) is 0.516. The number of alkyl halides is 2. The van der Waals surface area contributed by atoms with E-state index < -0.39 is 19.9 Å². The molecule has 6 rings (SSSR count). The third-order valence-electron chi connectivity index (χ3n) is 8.29. The van der Waals surface area contributed by atoms with Gasteiger partial charge in [-0.1, -0.05) is 25.7 Å². The number of aromatic nitrogens is 6. The van der Waals surface area contributed by atoms with Crippen molar-refractivity contribution in [3.05, 3.63) is 48.7 Å². The van der Waals surface area contributed by atoms with Gasteiger partial charge in [-0.3, -0.25) is 0 Å². The first-order valence-electron chi connectivity index (χ1n) is 15.9. The van der Waals surface area contributed by atoms with Gasteiger partial charge in [-0.25, -0.2) is 23.1 Å². The normalized spacial score (nSPS) is 16.7. The zero-order valence-electron chi connectivity index (χ0n) is 27.2. The molecule has 4 aromatic rings. The second-order valence-corrected chi connectivity index (χ2v) is 19.0. The van der Waals surface area contributed by atoms with Crippen LogP contribution in [0.4, 0.5) is 30.6 Å². The predicted octanol–water partition coefficient (Wildman–Crippen LogP) is 6.20. The summed E-state index contributed by atoms with van der Waals surface area (Å²) in [6.07, 6.45) is 2.79. The Morgan fingerprint density at radius 3 is 2.51 bits per heavy atom. The largest absolute Gasteiger partial charge is 0.491 e. The molecule has 5 heterocycles. The van der Waals surface area contributed by atoms with Crippen LogP contribution < -0.4 is 15.0 Å². The number of benzene rings is 1. The van der Waals surface area contributed by atoms with Crippen molar-refractivity contribution in [3.63, 3.8) is 0 Å². The van der Waals surface area contributed by atoms with Crippen LogP contribution in [-0.2, 0) is 23.3 Å². The van der Waals surface area contributed by atoms with Crippen molar-refractivity contribution in [1.82, 2.24) is 29.5 Å². The van der Waals surface area contributed by atoms with Gasteiger partial charge in [0, 0.05) is 65.3 Å². The van der Waals surface area contributed by atoms with E-state index in [0.29, 0.717) is 72.1 Å². The Balaban J connectivity index is 1.17. The third kappa shape index (κ3) is 8.13. The number of hydrogen-bond donors (Lipinski definition) is 1. The molecule has 0 atom stereocenters. The average molecular weight is 671 g/mol. The molecule has 1 N–H and O–H groups in total. The lowest BCUT2D eigenvalue weighted by atomic mass is 10.1. The van der Waals surface area contributed by atoms with Gasteiger partial charge in [-0.15, -0.1) is 5.10 Å². The molecule has 2 aliphatic heterocycles. The predicted molar refractivity (Wildman–Crippen MR) is 175 cm³/mol. The highest BCUT2D eigenvalue weighted by Crippen LogP contribution is 2.35. The molecule has 0 bridgehead atoms. The second-order valence-electron chi connectivity index (χ2n) is 13.4. The van der Waals surface area contributed by atoms with Crippen LogP contribution in [0.1, 0.15) is 12.8 Å². The highest BCUT2D eigenvalue weighted by atomic mass is 28.3. The van der Waals surface area contributed by atoms with E-state index in [4.69, 9.17) is 14.2 Å². The summed E-state index contributed by atoms with van der Waals surface area (Å²) in [5, 5.41) is 12.1. The molecular weight excluding hydrogens is 629 g/mol. The van der Waals surface area contributed by atoms with Gasteiger partial charge < -0.3 is 24.4 Å². The molecule has 11 nitrogen and oxygen atoms in total. The molecule has 0 unspecified atom stereocenters. The second kappa shape index (κ2) is 13.6. The van der Waals surface area contributed by atoms with Crippen LogP contribution in [0.25, 0.3) is 22.5 Å². The maximum atomic E-state index is 15.4. The third-order valence-corrected chi connectivity index (χ3v) is 10.00. The number of pyridine rings is 1. The van der Waals surface area contributed by atoms with Crippen LogP contribution in [0.3, 0.4) is 0 Å². The summed E-state index contributed by atoms with van der Waals surface area (Å²) in [6, 6.07) is 10.0. The maximum Gasteiger partial charge on any atom is 0.251 e. The average Bonchev–Trinajstić information content (AvgIpc) is 3.56. The fraction of sp³-hybridized carbons (Fsp3) is 0.500. The van der Waals surface area contributed by atoms with E-state index in [-0.39, 0.29) is 38.6 Å². The molecule has 0 amide bonds. The summed E-state index contributed by atoms with van der Waals surface area (Å²) in [4.78, 5) is 11.0. The maximum absolute atomic E-state index is 15.4. The molecule has 0 radical (unpaired) electrons. The molecule has 0 saturated carbocycles. The Kier molecular flexibility index (Phi) is 9.57. The number of aryl methyl sites for hydroxylation is 1. The molecule has 1 aromatic carbocycles. The molecule has 15 heteroatoms. The van der Waals surface area contributed by atoms with E-state index in [1.165, 1.54) is 10.9 Å². The Hall–Kier alpha value is -3.95. The lowest BCUT2D eigenvalue weighted by Crippen LogP contribution is -2.39. The van der Waals surface area contributed by atoms with Gasteiger partial charge in [-0.05, 0) is 35.9 Å².